The summed E-state index contributed by atoms with van der Waals surface area (Å²) in [5.41, 5.74) is 1.07. The SMILES string of the molecule is CCN(CCBr)c1ccc(F)cc1. The molecule has 0 aliphatic heterocycles. The lowest BCUT2D eigenvalue weighted by atomic mass is 10.3. The molecule has 0 atom stereocenters. The lowest BCUT2D eigenvalue weighted by Crippen LogP contribution is -2.24. The molecule has 0 spiro atoms. The Hall–Kier alpha value is -0.570. The van der Waals surface area contributed by atoms with Gasteiger partial charge in [-0.25, -0.2) is 4.39 Å². The molecule has 0 saturated carbocycles. The molecule has 1 rings (SSSR count). The van der Waals surface area contributed by atoms with E-state index in [0.717, 1.165) is 24.1 Å². The Balaban J connectivity index is 2.73. The molecule has 1 nitrogen and oxygen atoms in total. The molecule has 0 radical (unpaired) electrons. The third kappa shape index (κ3) is 2.99. The average molecular weight is 246 g/mol. The number of nitrogens with zero attached hydrogens (tertiary/aromatic N) is 1. The van der Waals surface area contributed by atoms with Gasteiger partial charge in [0.15, 0.2) is 0 Å². The predicted octanol–water partition coefficient (Wildman–Crippen LogP) is 3.05. The minimum Gasteiger partial charge on any atom is -0.371 e. The summed E-state index contributed by atoms with van der Waals surface area (Å²) >= 11 is 3.39. The van der Waals surface area contributed by atoms with Crippen LogP contribution in [-0.2, 0) is 0 Å². The second-order valence-corrected chi connectivity index (χ2v) is 3.54. The van der Waals surface area contributed by atoms with Crippen molar-refractivity contribution in [3.05, 3.63) is 30.1 Å². The van der Waals surface area contributed by atoms with Crippen LogP contribution in [0, 0.1) is 5.82 Å². The Labute approximate surface area is 86.7 Å². The fourth-order valence-corrected chi connectivity index (χ4v) is 1.65. The predicted molar refractivity (Wildman–Crippen MR) is 58.1 cm³/mol. The molecule has 0 aromatic heterocycles. The Morgan fingerprint density at radius 1 is 1.31 bits per heavy atom. The van der Waals surface area contributed by atoms with Gasteiger partial charge in [-0.2, -0.15) is 0 Å². The van der Waals surface area contributed by atoms with Crippen molar-refractivity contribution in [2.75, 3.05) is 23.3 Å². The van der Waals surface area contributed by atoms with Gasteiger partial charge >= 0.3 is 0 Å². The molecule has 0 fully saturated rings. The maximum absolute atomic E-state index is 12.6. The van der Waals surface area contributed by atoms with Gasteiger partial charge in [0, 0.05) is 24.1 Å². The fraction of sp³-hybridized carbons (Fsp3) is 0.400. The van der Waals surface area contributed by atoms with Crippen LogP contribution in [-0.4, -0.2) is 18.4 Å². The normalized spacial score (nSPS) is 10.1. The van der Waals surface area contributed by atoms with Crippen LogP contribution in [0.25, 0.3) is 0 Å². The number of anilines is 1. The van der Waals surface area contributed by atoms with E-state index in [1.165, 1.54) is 12.1 Å². The first kappa shape index (κ1) is 10.5. The molecule has 1 aromatic rings. The van der Waals surface area contributed by atoms with Crippen molar-refractivity contribution in [1.29, 1.82) is 0 Å². The Morgan fingerprint density at radius 2 is 1.92 bits per heavy atom. The average Bonchev–Trinajstić information content (AvgIpc) is 2.16. The maximum Gasteiger partial charge on any atom is 0.123 e. The molecule has 0 heterocycles. The lowest BCUT2D eigenvalue weighted by molar-refractivity contribution is 0.627. The second-order valence-electron chi connectivity index (χ2n) is 2.75. The smallest absolute Gasteiger partial charge is 0.123 e. The molecule has 0 bridgehead atoms. The number of hydrogen-bond donors (Lipinski definition) is 0. The van der Waals surface area contributed by atoms with Crippen LogP contribution >= 0.6 is 15.9 Å². The van der Waals surface area contributed by atoms with Gasteiger partial charge in [-0.1, -0.05) is 15.9 Å². The fourth-order valence-electron chi connectivity index (χ4n) is 1.22. The van der Waals surface area contributed by atoms with E-state index in [-0.39, 0.29) is 5.82 Å². The molecule has 0 aliphatic rings. The van der Waals surface area contributed by atoms with Crippen LogP contribution in [0.2, 0.25) is 0 Å². The Kier molecular flexibility index (Phi) is 4.22. The minimum atomic E-state index is -0.182. The van der Waals surface area contributed by atoms with Gasteiger partial charge in [-0.3, -0.25) is 0 Å². The molecule has 0 amide bonds. The van der Waals surface area contributed by atoms with Gasteiger partial charge in [0.2, 0.25) is 0 Å². The number of rotatable bonds is 4. The number of halogens is 2. The Morgan fingerprint density at radius 3 is 2.38 bits per heavy atom. The van der Waals surface area contributed by atoms with E-state index in [2.05, 4.69) is 27.8 Å². The van der Waals surface area contributed by atoms with Crippen LogP contribution < -0.4 is 4.90 Å². The van der Waals surface area contributed by atoms with Crippen LogP contribution in [0.5, 0.6) is 0 Å². The zero-order valence-electron chi connectivity index (χ0n) is 7.63. The summed E-state index contributed by atoms with van der Waals surface area (Å²) in [6.45, 7) is 3.98. The molecule has 3 heteroatoms. The molecule has 1 aromatic carbocycles. The first-order valence-electron chi connectivity index (χ1n) is 4.34. The largest absolute Gasteiger partial charge is 0.371 e. The lowest BCUT2D eigenvalue weighted by Gasteiger charge is -2.21. The van der Waals surface area contributed by atoms with Crippen molar-refractivity contribution in [3.8, 4) is 0 Å². The van der Waals surface area contributed by atoms with Gasteiger partial charge in [0.25, 0.3) is 0 Å². The van der Waals surface area contributed by atoms with Crippen molar-refractivity contribution in [3.63, 3.8) is 0 Å². The topological polar surface area (TPSA) is 3.24 Å². The molecule has 0 aliphatic carbocycles. The van der Waals surface area contributed by atoms with Gasteiger partial charge in [-0.05, 0) is 31.2 Å². The highest BCUT2D eigenvalue weighted by molar-refractivity contribution is 9.09. The van der Waals surface area contributed by atoms with E-state index < -0.39 is 0 Å². The Bertz CT molecular complexity index is 248. The van der Waals surface area contributed by atoms with Crippen molar-refractivity contribution < 1.29 is 4.39 Å². The monoisotopic (exact) mass is 245 g/mol. The van der Waals surface area contributed by atoms with E-state index in [9.17, 15) is 4.39 Å². The van der Waals surface area contributed by atoms with Crippen molar-refractivity contribution in [2.45, 2.75) is 6.92 Å². The molecule has 0 N–H and O–H groups in total. The molecule has 0 saturated heterocycles. The summed E-state index contributed by atoms with van der Waals surface area (Å²) in [6, 6.07) is 6.60. The van der Waals surface area contributed by atoms with Crippen molar-refractivity contribution >= 4 is 21.6 Å². The summed E-state index contributed by atoms with van der Waals surface area (Å²) in [5, 5.41) is 0.929. The van der Waals surface area contributed by atoms with E-state index in [0.29, 0.717) is 0 Å². The number of alkyl halides is 1. The minimum absolute atomic E-state index is 0.182. The molecular formula is C10H13BrFN. The highest BCUT2D eigenvalue weighted by Gasteiger charge is 2.02. The van der Waals surface area contributed by atoms with E-state index >= 15 is 0 Å². The van der Waals surface area contributed by atoms with Gasteiger partial charge in [0.05, 0.1) is 0 Å². The number of benzene rings is 1. The summed E-state index contributed by atoms with van der Waals surface area (Å²) in [6.07, 6.45) is 0. The van der Waals surface area contributed by atoms with E-state index in [1.54, 1.807) is 0 Å². The summed E-state index contributed by atoms with van der Waals surface area (Å²) in [5.74, 6) is -0.182. The molecule has 72 valence electrons. The molecule has 0 unspecified atom stereocenters. The van der Waals surface area contributed by atoms with Crippen LogP contribution in [0.1, 0.15) is 6.92 Å². The first-order valence-corrected chi connectivity index (χ1v) is 5.46. The van der Waals surface area contributed by atoms with Crippen molar-refractivity contribution in [2.24, 2.45) is 0 Å². The standard InChI is InChI=1S/C10H13BrFN/c1-2-13(8-7-11)10-5-3-9(12)4-6-10/h3-6H,2,7-8H2,1H3. The van der Waals surface area contributed by atoms with Gasteiger partial charge in [-0.15, -0.1) is 0 Å². The van der Waals surface area contributed by atoms with Gasteiger partial charge < -0.3 is 4.90 Å². The van der Waals surface area contributed by atoms with E-state index in [4.69, 9.17) is 0 Å². The zero-order valence-corrected chi connectivity index (χ0v) is 9.22. The van der Waals surface area contributed by atoms with E-state index in [1.807, 2.05) is 12.1 Å². The summed E-state index contributed by atoms with van der Waals surface area (Å²) in [4.78, 5) is 2.19. The summed E-state index contributed by atoms with van der Waals surface area (Å²) in [7, 11) is 0. The maximum atomic E-state index is 12.6. The van der Waals surface area contributed by atoms with Gasteiger partial charge in [0.1, 0.15) is 5.82 Å². The molecular weight excluding hydrogens is 233 g/mol. The summed E-state index contributed by atoms with van der Waals surface area (Å²) < 4.78 is 12.6. The molecule has 13 heavy (non-hydrogen) atoms. The highest BCUT2D eigenvalue weighted by atomic mass is 79.9. The second kappa shape index (κ2) is 5.22. The first-order chi connectivity index (χ1) is 6.27. The zero-order chi connectivity index (χ0) is 9.68. The van der Waals surface area contributed by atoms with Crippen LogP contribution in [0.15, 0.2) is 24.3 Å². The quantitative estimate of drug-likeness (QED) is 0.738. The highest BCUT2D eigenvalue weighted by Crippen LogP contribution is 2.14. The third-order valence-electron chi connectivity index (χ3n) is 1.93. The van der Waals surface area contributed by atoms with Crippen LogP contribution in [0.4, 0.5) is 10.1 Å². The third-order valence-corrected chi connectivity index (χ3v) is 2.28. The van der Waals surface area contributed by atoms with Crippen LogP contribution in [0.3, 0.4) is 0 Å². The van der Waals surface area contributed by atoms with Crippen molar-refractivity contribution in [1.82, 2.24) is 0 Å². The number of hydrogen-bond acceptors (Lipinski definition) is 1.